The third-order valence-electron chi connectivity index (χ3n) is 3.72. The van der Waals surface area contributed by atoms with Crippen molar-refractivity contribution in [1.82, 2.24) is 0 Å². The van der Waals surface area contributed by atoms with Crippen molar-refractivity contribution < 1.29 is 14.3 Å². The third-order valence-corrected chi connectivity index (χ3v) is 3.72. The molecule has 4 nitrogen and oxygen atoms in total. The van der Waals surface area contributed by atoms with Crippen LogP contribution < -0.4 is 0 Å². The smallest absolute Gasteiger partial charge is 0.309 e. The first-order chi connectivity index (χ1) is 10.7. The summed E-state index contributed by atoms with van der Waals surface area (Å²) in [6.07, 6.45) is 8.74. The number of esters is 1. The Morgan fingerprint density at radius 1 is 1.36 bits per heavy atom. The summed E-state index contributed by atoms with van der Waals surface area (Å²) in [4.78, 5) is 16.0. The van der Waals surface area contributed by atoms with Crippen LogP contribution in [0.25, 0.3) is 6.08 Å². The lowest BCUT2D eigenvalue weighted by Gasteiger charge is -2.06. The van der Waals surface area contributed by atoms with Crippen molar-refractivity contribution in [2.45, 2.75) is 38.1 Å². The average Bonchev–Trinajstić information content (AvgIpc) is 2.78. The van der Waals surface area contributed by atoms with Crippen molar-refractivity contribution in [3.8, 4) is 0 Å². The minimum Gasteiger partial charge on any atom is -0.484 e. The summed E-state index contributed by atoms with van der Waals surface area (Å²) in [5, 5.41) is 0. The van der Waals surface area contributed by atoms with E-state index in [0.29, 0.717) is 6.42 Å². The first kappa shape index (κ1) is 16.3. The number of methoxy groups -OCH3 is 2. The van der Waals surface area contributed by atoms with Crippen LogP contribution in [0.15, 0.2) is 35.3 Å². The van der Waals surface area contributed by atoms with Gasteiger partial charge in [0.15, 0.2) is 5.90 Å². The lowest BCUT2D eigenvalue weighted by Crippen LogP contribution is -2.05. The van der Waals surface area contributed by atoms with Crippen LogP contribution in [0.1, 0.15) is 36.8 Å². The molecule has 118 valence electrons. The molecular formula is C18H23NO3. The molecule has 0 N–H and O–H groups in total. The Hall–Kier alpha value is -2.10. The Balaban J connectivity index is 2.05. The van der Waals surface area contributed by atoms with Crippen molar-refractivity contribution >= 4 is 17.9 Å². The molecule has 0 saturated carbocycles. The van der Waals surface area contributed by atoms with E-state index in [1.165, 1.54) is 7.11 Å². The maximum absolute atomic E-state index is 11.3. The number of nitrogens with zero attached hydrogens (tertiary/aromatic N) is 1. The van der Waals surface area contributed by atoms with E-state index in [4.69, 9.17) is 9.47 Å². The first-order valence-electron chi connectivity index (χ1n) is 7.66. The molecule has 0 aliphatic carbocycles. The van der Waals surface area contributed by atoms with Gasteiger partial charge in [0, 0.05) is 6.42 Å². The highest BCUT2D eigenvalue weighted by Gasteiger charge is 2.11. The third kappa shape index (κ3) is 5.02. The van der Waals surface area contributed by atoms with Crippen LogP contribution in [0.3, 0.4) is 0 Å². The normalized spacial score (nSPS) is 18.6. The summed E-state index contributed by atoms with van der Waals surface area (Å²) in [6, 6.07) is 8.08. The number of carbonyl (C=O) groups is 1. The molecule has 0 amide bonds. The molecule has 1 aliphatic rings. The van der Waals surface area contributed by atoms with E-state index < -0.39 is 0 Å². The number of aliphatic imine (C=N–C) groups is 1. The summed E-state index contributed by atoms with van der Waals surface area (Å²) in [6.45, 7) is 0. The van der Waals surface area contributed by atoms with Crippen molar-refractivity contribution in [2.75, 3.05) is 14.2 Å². The largest absolute Gasteiger partial charge is 0.484 e. The fraction of sp³-hybridized carbons (Fsp3) is 0.444. The predicted octanol–water partition coefficient (Wildman–Crippen LogP) is 3.40. The molecule has 1 heterocycles. The molecule has 1 unspecified atom stereocenters. The minimum absolute atomic E-state index is 0.168. The van der Waals surface area contributed by atoms with Gasteiger partial charge in [-0.3, -0.25) is 4.79 Å². The van der Waals surface area contributed by atoms with E-state index in [2.05, 4.69) is 17.1 Å². The van der Waals surface area contributed by atoms with E-state index in [1.54, 1.807) is 7.11 Å². The molecule has 4 heteroatoms. The molecule has 0 bridgehead atoms. The Morgan fingerprint density at radius 2 is 2.23 bits per heavy atom. The lowest BCUT2D eigenvalue weighted by molar-refractivity contribution is -0.139. The maximum atomic E-state index is 11.3. The molecule has 0 aromatic heterocycles. The van der Waals surface area contributed by atoms with Crippen molar-refractivity contribution in [2.24, 2.45) is 4.99 Å². The number of benzene rings is 1. The zero-order valence-corrected chi connectivity index (χ0v) is 13.2. The predicted molar refractivity (Wildman–Crippen MR) is 87.9 cm³/mol. The quantitative estimate of drug-likeness (QED) is 0.801. The summed E-state index contributed by atoms with van der Waals surface area (Å²) < 4.78 is 9.99. The van der Waals surface area contributed by atoms with Gasteiger partial charge in [0.25, 0.3) is 0 Å². The molecule has 2 rings (SSSR count). The molecule has 1 aromatic rings. The van der Waals surface area contributed by atoms with E-state index in [9.17, 15) is 4.79 Å². The van der Waals surface area contributed by atoms with Crippen molar-refractivity contribution in [3.63, 3.8) is 0 Å². The molecule has 0 saturated heterocycles. The van der Waals surface area contributed by atoms with Gasteiger partial charge in [-0.1, -0.05) is 42.8 Å². The molecule has 1 aromatic carbocycles. The highest BCUT2D eigenvalue weighted by molar-refractivity contribution is 5.76. The van der Waals surface area contributed by atoms with E-state index in [-0.39, 0.29) is 12.0 Å². The standard InChI is InChI=1S/C18H23NO3/c1-21-17-9-4-3-8-16(19-17)11-10-14-6-5-7-15(12-14)13-18(20)22-2/h5-7,10-12,16H,3-4,8-9,13H2,1-2H3/b11-10-. The Labute approximate surface area is 131 Å². The van der Waals surface area contributed by atoms with Gasteiger partial charge < -0.3 is 9.47 Å². The van der Waals surface area contributed by atoms with Crippen LogP contribution in [0, 0.1) is 0 Å². The second-order valence-corrected chi connectivity index (χ2v) is 5.40. The topological polar surface area (TPSA) is 47.9 Å². The molecular weight excluding hydrogens is 278 g/mol. The van der Waals surface area contributed by atoms with Crippen LogP contribution in [0.5, 0.6) is 0 Å². The van der Waals surface area contributed by atoms with Crippen molar-refractivity contribution in [3.05, 3.63) is 41.5 Å². The molecule has 1 atom stereocenters. The van der Waals surface area contributed by atoms with Gasteiger partial charge in [-0.15, -0.1) is 0 Å². The number of hydrogen-bond donors (Lipinski definition) is 0. The maximum Gasteiger partial charge on any atom is 0.309 e. The SMILES string of the molecule is COC(=O)Cc1cccc(/C=C\C2CCCCC(OC)=N2)c1. The van der Waals surface area contributed by atoms with Crippen LogP contribution in [0.4, 0.5) is 0 Å². The van der Waals surface area contributed by atoms with Gasteiger partial charge >= 0.3 is 5.97 Å². The lowest BCUT2D eigenvalue weighted by atomic mass is 10.1. The number of carbonyl (C=O) groups excluding carboxylic acids is 1. The summed E-state index contributed by atoms with van der Waals surface area (Å²) in [5.41, 5.74) is 2.02. The van der Waals surface area contributed by atoms with Gasteiger partial charge in [-0.2, -0.15) is 0 Å². The second-order valence-electron chi connectivity index (χ2n) is 5.40. The zero-order valence-electron chi connectivity index (χ0n) is 13.2. The molecule has 1 aliphatic heterocycles. The van der Waals surface area contributed by atoms with E-state index in [0.717, 1.165) is 42.7 Å². The summed E-state index contributed by atoms with van der Waals surface area (Å²) in [7, 11) is 3.09. The highest BCUT2D eigenvalue weighted by atomic mass is 16.5. The van der Waals surface area contributed by atoms with Gasteiger partial charge in [-0.05, 0) is 24.0 Å². The molecule has 0 fully saturated rings. The Bertz CT molecular complexity index is 563. The number of ether oxygens (including phenoxy) is 2. The average molecular weight is 301 g/mol. The molecule has 22 heavy (non-hydrogen) atoms. The summed E-state index contributed by atoms with van der Waals surface area (Å²) >= 11 is 0. The first-order valence-corrected chi connectivity index (χ1v) is 7.66. The monoisotopic (exact) mass is 301 g/mol. The molecule has 0 radical (unpaired) electrons. The van der Waals surface area contributed by atoms with Gasteiger partial charge in [0.05, 0.1) is 26.7 Å². The van der Waals surface area contributed by atoms with Crippen LogP contribution >= 0.6 is 0 Å². The highest BCUT2D eigenvalue weighted by Crippen LogP contribution is 2.17. The van der Waals surface area contributed by atoms with Gasteiger partial charge in [0.1, 0.15) is 0 Å². The van der Waals surface area contributed by atoms with Crippen LogP contribution in [-0.4, -0.2) is 32.1 Å². The molecule has 0 spiro atoms. The van der Waals surface area contributed by atoms with E-state index >= 15 is 0 Å². The van der Waals surface area contributed by atoms with Crippen LogP contribution in [0.2, 0.25) is 0 Å². The summed E-state index contributed by atoms with van der Waals surface area (Å²) in [5.74, 6) is 0.617. The minimum atomic E-state index is -0.223. The fourth-order valence-corrected chi connectivity index (χ4v) is 2.51. The van der Waals surface area contributed by atoms with Gasteiger partial charge in [0.2, 0.25) is 0 Å². The Kier molecular flexibility index (Phi) is 6.19. The van der Waals surface area contributed by atoms with Crippen LogP contribution in [-0.2, 0) is 20.7 Å². The number of rotatable bonds is 4. The Morgan fingerprint density at radius 3 is 3.00 bits per heavy atom. The van der Waals surface area contributed by atoms with Gasteiger partial charge in [-0.25, -0.2) is 4.99 Å². The second kappa shape index (κ2) is 8.37. The van der Waals surface area contributed by atoms with Crippen molar-refractivity contribution in [1.29, 1.82) is 0 Å². The zero-order chi connectivity index (χ0) is 15.8. The number of hydrogen-bond acceptors (Lipinski definition) is 4. The van der Waals surface area contributed by atoms with E-state index in [1.807, 2.05) is 24.3 Å². The fourth-order valence-electron chi connectivity index (χ4n) is 2.51.